The Labute approximate surface area is 486 Å². The second-order valence-electron chi connectivity index (χ2n) is 24.7. The molecule has 0 unspecified atom stereocenters. The smallest absolute Gasteiger partial charge is 0.135 e. The summed E-state index contributed by atoms with van der Waals surface area (Å²) in [5, 5.41) is 2.22. The van der Waals surface area contributed by atoms with Crippen LogP contribution in [-0.4, -0.2) is 9.55 Å². The topological polar surface area (TPSA) is 33.5 Å². The van der Waals surface area contributed by atoms with Crippen LogP contribution in [0.25, 0.3) is 61.0 Å². The molecule has 0 N–H and O–H groups in total. The molecular formula is C74H65N4OPt-3. The van der Waals surface area contributed by atoms with Crippen LogP contribution in [-0.2, 0) is 42.7 Å². The molecule has 9 aromatic carbocycles. The summed E-state index contributed by atoms with van der Waals surface area (Å²) < 4.78 is 9.52. The SMILES string of the molecule is CC(C)(C)c1ccnc(-n2c3[c-]c(Oc4[c-]c(N5[CH-]N(c6c(-c7ccccc7)cc(C(C)(C)C)cc6-c6ccccc6)c6ccccc65)cc(C5(C)c6ccccc6-c6ccccc65)c4)ccc3c3ccc(C(C)(C)C)cc32)c1.[Pt]. The van der Waals surface area contributed by atoms with E-state index >= 15 is 0 Å². The molecule has 2 aromatic heterocycles. The van der Waals surface area contributed by atoms with Crippen molar-refractivity contribution in [2.75, 3.05) is 9.80 Å². The number of pyridine rings is 1. The van der Waals surface area contributed by atoms with Gasteiger partial charge in [0.25, 0.3) is 0 Å². The minimum Gasteiger partial charge on any atom is -0.509 e. The van der Waals surface area contributed by atoms with E-state index in [4.69, 9.17) is 9.72 Å². The summed E-state index contributed by atoms with van der Waals surface area (Å²) in [5.74, 6) is 2.02. The zero-order valence-electron chi connectivity index (χ0n) is 47.2. The molecule has 1 aliphatic carbocycles. The molecule has 11 aromatic rings. The van der Waals surface area contributed by atoms with Crippen LogP contribution in [0.4, 0.5) is 22.7 Å². The van der Waals surface area contributed by atoms with Crippen molar-refractivity contribution < 1.29 is 25.8 Å². The van der Waals surface area contributed by atoms with E-state index in [1.54, 1.807) is 0 Å². The summed E-state index contributed by atoms with van der Waals surface area (Å²) in [5.41, 5.74) is 19.7. The molecule has 400 valence electrons. The van der Waals surface area contributed by atoms with Gasteiger partial charge in [-0.25, -0.2) is 4.98 Å². The van der Waals surface area contributed by atoms with Gasteiger partial charge in [-0.05, 0) is 121 Å². The van der Waals surface area contributed by atoms with E-state index in [1.807, 2.05) is 6.20 Å². The van der Waals surface area contributed by atoms with Gasteiger partial charge >= 0.3 is 0 Å². The number of benzene rings is 9. The Balaban J connectivity index is 0.00000637. The Morgan fingerprint density at radius 2 is 1.01 bits per heavy atom. The zero-order chi connectivity index (χ0) is 54.6. The Kier molecular flexibility index (Phi) is 13.0. The predicted molar refractivity (Wildman–Crippen MR) is 329 cm³/mol. The van der Waals surface area contributed by atoms with Gasteiger partial charge in [-0.3, -0.25) is 0 Å². The van der Waals surface area contributed by atoms with E-state index in [0.29, 0.717) is 11.5 Å². The number of aromatic nitrogens is 2. The first kappa shape index (κ1) is 52.7. The fraction of sp³-hybridized carbons (Fsp3) is 0.189. The number of para-hydroxylation sites is 2. The van der Waals surface area contributed by atoms with Gasteiger partial charge in [-0.1, -0.05) is 201 Å². The number of hydrogen-bond acceptors (Lipinski definition) is 4. The first-order chi connectivity index (χ1) is 37.9. The van der Waals surface area contributed by atoms with E-state index in [2.05, 4.69) is 303 Å². The van der Waals surface area contributed by atoms with Crippen LogP contribution in [0.3, 0.4) is 0 Å². The Morgan fingerprint density at radius 3 is 1.61 bits per heavy atom. The van der Waals surface area contributed by atoms with E-state index in [0.717, 1.165) is 78.2 Å². The minimum absolute atomic E-state index is 0. The van der Waals surface area contributed by atoms with Crippen molar-refractivity contribution in [2.45, 2.75) is 90.9 Å². The normalized spacial score (nSPS) is 13.8. The summed E-state index contributed by atoms with van der Waals surface area (Å²) >= 11 is 0. The maximum atomic E-state index is 7.25. The van der Waals surface area contributed by atoms with Crippen molar-refractivity contribution in [3.63, 3.8) is 0 Å². The fourth-order valence-corrected chi connectivity index (χ4v) is 12.1. The average Bonchev–Trinajstić information content (AvgIpc) is 4.24. The third-order valence-electron chi connectivity index (χ3n) is 16.5. The van der Waals surface area contributed by atoms with E-state index in [1.165, 1.54) is 38.9 Å². The average molecular weight is 1220 g/mol. The summed E-state index contributed by atoms with van der Waals surface area (Å²) in [6.07, 6.45) is 1.93. The van der Waals surface area contributed by atoms with Gasteiger partial charge in [-0.2, -0.15) is 6.07 Å². The van der Waals surface area contributed by atoms with Gasteiger partial charge in [0, 0.05) is 77.9 Å². The standard InChI is InChI=1S/C74H65N4O.Pt/c1-71(2,3)50-33-35-59-60-36-34-55(46-68(60)78(67(59)43-50)69-44-51(37-38-75-69)72(4,5)6)79-56-40-53(74(10)63-29-19-17-27-57(63)58-28-18-20-30-64(58)74)39-54(45-56)76-47-77(66-32-22-21-31-65(66)76)70-61(48-23-13-11-14-24-48)41-52(73(7,8)9)42-62(70)49-25-15-12-16-26-49;/h11-44,47H,1-10H3;/q-3;. The summed E-state index contributed by atoms with van der Waals surface area (Å²) in [4.78, 5) is 9.74. The van der Waals surface area contributed by atoms with Crippen LogP contribution < -0.4 is 14.5 Å². The van der Waals surface area contributed by atoms with Gasteiger partial charge in [0.2, 0.25) is 0 Å². The van der Waals surface area contributed by atoms with Gasteiger partial charge in [0.05, 0.1) is 0 Å². The largest absolute Gasteiger partial charge is 0.509 e. The van der Waals surface area contributed by atoms with Crippen LogP contribution in [0.15, 0.2) is 206 Å². The second-order valence-corrected chi connectivity index (χ2v) is 24.7. The molecule has 0 fully saturated rings. The van der Waals surface area contributed by atoms with Crippen LogP contribution in [0.1, 0.15) is 103 Å². The van der Waals surface area contributed by atoms with Crippen LogP contribution in [0.5, 0.6) is 11.5 Å². The maximum Gasteiger partial charge on any atom is 0.135 e. The molecule has 5 nitrogen and oxygen atoms in total. The van der Waals surface area contributed by atoms with Crippen molar-refractivity contribution >= 4 is 44.6 Å². The zero-order valence-corrected chi connectivity index (χ0v) is 49.5. The molecule has 0 bridgehead atoms. The molecule has 80 heavy (non-hydrogen) atoms. The van der Waals surface area contributed by atoms with E-state index in [9.17, 15) is 0 Å². The second kappa shape index (κ2) is 19.7. The van der Waals surface area contributed by atoms with E-state index < -0.39 is 5.41 Å². The molecule has 0 atom stereocenters. The molecule has 0 amide bonds. The Morgan fingerprint density at radius 1 is 0.475 bits per heavy atom. The summed E-state index contributed by atoms with van der Waals surface area (Å²) in [6, 6.07) is 80.6. The number of nitrogens with zero attached hydrogens (tertiary/aromatic N) is 4. The maximum absolute atomic E-state index is 7.25. The van der Waals surface area contributed by atoms with Crippen molar-refractivity contribution in [3.05, 3.63) is 259 Å². The molecule has 1 aliphatic heterocycles. The van der Waals surface area contributed by atoms with Gasteiger partial charge < -0.3 is 19.1 Å². The number of hydrogen-bond donors (Lipinski definition) is 0. The third kappa shape index (κ3) is 8.95. The minimum atomic E-state index is -0.535. The van der Waals surface area contributed by atoms with Gasteiger partial charge in [-0.15, -0.1) is 53.6 Å². The number of ether oxygens (including phenoxy) is 1. The summed E-state index contributed by atoms with van der Waals surface area (Å²) in [6.45, 7) is 25.1. The fourth-order valence-electron chi connectivity index (χ4n) is 12.1. The molecule has 0 saturated heterocycles. The van der Waals surface area contributed by atoms with Crippen molar-refractivity contribution in [1.29, 1.82) is 0 Å². The van der Waals surface area contributed by atoms with Crippen LogP contribution >= 0.6 is 0 Å². The number of fused-ring (bicyclic) bond motifs is 7. The quantitative estimate of drug-likeness (QED) is 0.142. The third-order valence-corrected chi connectivity index (χ3v) is 16.5. The van der Waals surface area contributed by atoms with Crippen LogP contribution in [0, 0.1) is 18.8 Å². The van der Waals surface area contributed by atoms with E-state index in [-0.39, 0.29) is 37.3 Å². The number of anilines is 4. The Hall–Kier alpha value is -7.98. The molecule has 2 aliphatic rings. The Bertz CT molecular complexity index is 4070. The predicted octanol–water partition coefficient (Wildman–Crippen LogP) is 19.5. The molecule has 0 spiro atoms. The summed E-state index contributed by atoms with van der Waals surface area (Å²) in [7, 11) is 0. The van der Waals surface area contributed by atoms with Crippen molar-refractivity contribution in [3.8, 4) is 50.7 Å². The van der Waals surface area contributed by atoms with Gasteiger partial charge in [0.15, 0.2) is 0 Å². The molecule has 6 heteroatoms. The molecular weight excluding hydrogens is 1160 g/mol. The first-order valence-electron chi connectivity index (χ1n) is 27.7. The molecule has 13 rings (SSSR count). The monoisotopic (exact) mass is 1220 g/mol. The number of rotatable bonds is 8. The van der Waals surface area contributed by atoms with Gasteiger partial charge in [0.1, 0.15) is 5.82 Å². The molecule has 0 saturated carbocycles. The van der Waals surface area contributed by atoms with Crippen molar-refractivity contribution in [2.24, 2.45) is 0 Å². The van der Waals surface area contributed by atoms with Crippen molar-refractivity contribution in [1.82, 2.24) is 9.55 Å². The first-order valence-corrected chi connectivity index (χ1v) is 27.7. The molecule has 3 heterocycles. The molecule has 0 radical (unpaired) electrons. The van der Waals surface area contributed by atoms with Crippen LogP contribution in [0.2, 0.25) is 0 Å².